The number of aliphatic hydroxyl groups excluding tert-OH is 1. The molecule has 0 heterocycles. The second-order valence-corrected chi connectivity index (χ2v) is 5.27. The SMILES string of the molecule is CC(C)(CO)CNc1c(F)cc(F)cc1Br. The van der Waals surface area contributed by atoms with Gasteiger partial charge < -0.3 is 10.4 Å². The quantitative estimate of drug-likeness (QED) is 0.894. The first kappa shape index (κ1) is 13.4. The summed E-state index contributed by atoms with van der Waals surface area (Å²) >= 11 is 3.08. The lowest BCUT2D eigenvalue weighted by Crippen LogP contribution is -2.27. The van der Waals surface area contributed by atoms with Gasteiger partial charge in [0.25, 0.3) is 0 Å². The maximum absolute atomic E-state index is 13.4. The van der Waals surface area contributed by atoms with Gasteiger partial charge in [-0.05, 0) is 22.0 Å². The zero-order valence-corrected chi connectivity index (χ0v) is 10.7. The van der Waals surface area contributed by atoms with E-state index in [1.165, 1.54) is 6.07 Å². The molecular weight excluding hydrogens is 280 g/mol. The van der Waals surface area contributed by atoms with Crippen LogP contribution < -0.4 is 5.32 Å². The number of aliphatic hydroxyl groups is 1. The summed E-state index contributed by atoms with van der Waals surface area (Å²) < 4.78 is 26.5. The van der Waals surface area contributed by atoms with Crippen LogP contribution in [0.3, 0.4) is 0 Å². The molecule has 0 bridgehead atoms. The van der Waals surface area contributed by atoms with Crippen LogP contribution >= 0.6 is 15.9 Å². The summed E-state index contributed by atoms with van der Waals surface area (Å²) in [5, 5.41) is 11.9. The van der Waals surface area contributed by atoms with Crippen molar-refractivity contribution in [1.82, 2.24) is 0 Å². The summed E-state index contributed by atoms with van der Waals surface area (Å²) in [4.78, 5) is 0. The Hall–Kier alpha value is -0.680. The van der Waals surface area contributed by atoms with Gasteiger partial charge >= 0.3 is 0 Å². The summed E-state index contributed by atoms with van der Waals surface area (Å²) in [6.45, 7) is 4.07. The normalized spacial score (nSPS) is 11.6. The molecular formula is C11H14BrF2NO. The number of hydrogen-bond acceptors (Lipinski definition) is 2. The van der Waals surface area contributed by atoms with Crippen LogP contribution in [-0.2, 0) is 0 Å². The molecule has 16 heavy (non-hydrogen) atoms. The Labute approximate surface area is 102 Å². The van der Waals surface area contributed by atoms with E-state index < -0.39 is 11.6 Å². The summed E-state index contributed by atoms with van der Waals surface area (Å²) in [6.07, 6.45) is 0. The summed E-state index contributed by atoms with van der Waals surface area (Å²) in [6, 6.07) is 2.01. The molecule has 0 saturated heterocycles. The van der Waals surface area contributed by atoms with Gasteiger partial charge in [-0.15, -0.1) is 0 Å². The van der Waals surface area contributed by atoms with E-state index in [0.717, 1.165) is 6.07 Å². The molecule has 0 saturated carbocycles. The van der Waals surface area contributed by atoms with Gasteiger partial charge in [0, 0.05) is 29.1 Å². The van der Waals surface area contributed by atoms with Gasteiger partial charge in [-0.3, -0.25) is 0 Å². The number of nitrogens with one attached hydrogen (secondary N) is 1. The van der Waals surface area contributed by atoms with Crippen molar-refractivity contribution in [1.29, 1.82) is 0 Å². The Kier molecular flexibility index (Phi) is 4.27. The van der Waals surface area contributed by atoms with Crippen molar-refractivity contribution in [3.8, 4) is 0 Å². The van der Waals surface area contributed by atoms with Gasteiger partial charge in [0.05, 0.1) is 5.69 Å². The molecule has 0 fully saturated rings. The Bertz CT molecular complexity index is 359. The minimum Gasteiger partial charge on any atom is -0.396 e. The molecule has 2 nitrogen and oxygen atoms in total. The van der Waals surface area contributed by atoms with Crippen LogP contribution in [0.15, 0.2) is 16.6 Å². The third-order valence-corrected chi connectivity index (χ3v) is 2.80. The molecule has 0 aromatic heterocycles. The molecule has 1 rings (SSSR count). The Balaban J connectivity index is 2.82. The predicted molar refractivity (Wildman–Crippen MR) is 63.4 cm³/mol. The van der Waals surface area contributed by atoms with Crippen molar-refractivity contribution >= 4 is 21.6 Å². The smallest absolute Gasteiger partial charge is 0.150 e. The molecule has 1 aromatic rings. The number of anilines is 1. The van der Waals surface area contributed by atoms with Crippen molar-refractivity contribution in [2.24, 2.45) is 5.41 Å². The third-order valence-electron chi connectivity index (χ3n) is 2.18. The van der Waals surface area contributed by atoms with Gasteiger partial charge in [-0.25, -0.2) is 8.78 Å². The molecule has 0 unspecified atom stereocenters. The van der Waals surface area contributed by atoms with E-state index in [1.54, 1.807) is 0 Å². The van der Waals surface area contributed by atoms with E-state index in [0.29, 0.717) is 11.0 Å². The van der Waals surface area contributed by atoms with E-state index >= 15 is 0 Å². The fourth-order valence-corrected chi connectivity index (χ4v) is 1.64. The van der Waals surface area contributed by atoms with E-state index in [1.807, 2.05) is 13.8 Å². The van der Waals surface area contributed by atoms with Gasteiger partial charge in [0.1, 0.15) is 11.6 Å². The average molecular weight is 294 g/mol. The zero-order chi connectivity index (χ0) is 12.3. The maximum Gasteiger partial charge on any atom is 0.150 e. The number of benzene rings is 1. The van der Waals surface area contributed by atoms with Crippen LogP contribution in [-0.4, -0.2) is 18.3 Å². The molecule has 0 aliphatic rings. The van der Waals surface area contributed by atoms with Gasteiger partial charge in [0.2, 0.25) is 0 Å². The van der Waals surface area contributed by atoms with E-state index in [-0.39, 0.29) is 17.7 Å². The minimum atomic E-state index is -0.652. The summed E-state index contributed by atoms with van der Waals surface area (Å²) in [5.74, 6) is -1.28. The highest BCUT2D eigenvalue weighted by atomic mass is 79.9. The average Bonchev–Trinajstić information content (AvgIpc) is 2.16. The molecule has 90 valence electrons. The molecule has 0 spiro atoms. The lowest BCUT2D eigenvalue weighted by molar-refractivity contribution is 0.170. The second kappa shape index (κ2) is 5.10. The highest BCUT2D eigenvalue weighted by molar-refractivity contribution is 9.10. The van der Waals surface area contributed by atoms with Crippen LogP contribution in [0, 0.1) is 17.0 Å². The topological polar surface area (TPSA) is 32.3 Å². The van der Waals surface area contributed by atoms with Crippen LogP contribution in [0.1, 0.15) is 13.8 Å². The van der Waals surface area contributed by atoms with E-state index in [9.17, 15) is 8.78 Å². The number of halogens is 3. The molecule has 0 atom stereocenters. The Morgan fingerprint density at radius 1 is 1.38 bits per heavy atom. The summed E-state index contributed by atoms with van der Waals surface area (Å²) in [7, 11) is 0. The fraction of sp³-hybridized carbons (Fsp3) is 0.455. The van der Waals surface area contributed by atoms with Gasteiger partial charge in [0.15, 0.2) is 0 Å². The first-order chi connectivity index (χ1) is 7.35. The lowest BCUT2D eigenvalue weighted by Gasteiger charge is -2.23. The number of hydrogen-bond donors (Lipinski definition) is 2. The third kappa shape index (κ3) is 3.42. The van der Waals surface area contributed by atoms with Gasteiger partial charge in [-0.1, -0.05) is 13.8 Å². The van der Waals surface area contributed by atoms with Crippen molar-refractivity contribution in [2.75, 3.05) is 18.5 Å². The lowest BCUT2D eigenvalue weighted by atomic mass is 9.95. The second-order valence-electron chi connectivity index (χ2n) is 4.42. The van der Waals surface area contributed by atoms with E-state index in [4.69, 9.17) is 5.11 Å². The van der Waals surface area contributed by atoms with E-state index in [2.05, 4.69) is 21.2 Å². The highest BCUT2D eigenvalue weighted by Gasteiger charge is 2.18. The van der Waals surface area contributed by atoms with Crippen LogP contribution in [0.5, 0.6) is 0 Å². The monoisotopic (exact) mass is 293 g/mol. The molecule has 0 radical (unpaired) electrons. The standard InChI is InChI=1S/C11H14BrF2NO/c1-11(2,6-16)5-15-10-8(12)3-7(13)4-9(10)14/h3-4,15-16H,5-6H2,1-2H3. The largest absolute Gasteiger partial charge is 0.396 e. The zero-order valence-electron chi connectivity index (χ0n) is 9.15. The summed E-state index contributed by atoms with van der Waals surface area (Å²) in [5.41, 5.74) is -0.150. The number of rotatable bonds is 4. The predicted octanol–water partition coefficient (Wildman–Crippen LogP) is 3.16. The van der Waals surface area contributed by atoms with Crippen molar-refractivity contribution in [3.05, 3.63) is 28.2 Å². The first-order valence-electron chi connectivity index (χ1n) is 4.85. The van der Waals surface area contributed by atoms with Crippen LogP contribution in [0.25, 0.3) is 0 Å². The Morgan fingerprint density at radius 3 is 2.50 bits per heavy atom. The van der Waals surface area contributed by atoms with Crippen LogP contribution in [0.4, 0.5) is 14.5 Å². The maximum atomic E-state index is 13.4. The van der Waals surface area contributed by atoms with Crippen molar-refractivity contribution < 1.29 is 13.9 Å². The highest BCUT2D eigenvalue weighted by Crippen LogP contribution is 2.28. The molecule has 0 aliphatic carbocycles. The fourth-order valence-electron chi connectivity index (χ4n) is 1.09. The minimum absolute atomic E-state index is 0.0135. The Morgan fingerprint density at radius 2 is 2.00 bits per heavy atom. The van der Waals surface area contributed by atoms with Crippen molar-refractivity contribution in [3.63, 3.8) is 0 Å². The molecule has 1 aromatic carbocycles. The molecule has 0 amide bonds. The molecule has 0 aliphatic heterocycles. The first-order valence-corrected chi connectivity index (χ1v) is 5.64. The van der Waals surface area contributed by atoms with Crippen LogP contribution in [0.2, 0.25) is 0 Å². The van der Waals surface area contributed by atoms with Gasteiger partial charge in [-0.2, -0.15) is 0 Å². The molecule has 2 N–H and O–H groups in total. The molecule has 5 heteroatoms. The van der Waals surface area contributed by atoms with Crippen molar-refractivity contribution in [2.45, 2.75) is 13.8 Å².